The van der Waals surface area contributed by atoms with Gasteiger partial charge in [0.25, 0.3) is 0 Å². The monoisotopic (exact) mass is 902 g/mol. The molecule has 63 heavy (non-hydrogen) atoms. The lowest BCUT2D eigenvalue weighted by atomic mass is 10.0. The predicted octanol–water partition coefficient (Wildman–Crippen LogP) is 5.51. The molecule has 0 saturated heterocycles. The number of primary amides is 4. The Kier molecular flexibility index (Phi) is 19.5. The molecule has 0 aliphatic heterocycles. The molecule has 0 spiro atoms. The molecular weight excluding hydrogens is 841 g/mol. The molecule has 340 valence electrons. The Morgan fingerprint density at radius 2 is 1.02 bits per heavy atom. The van der Waals surface area contributed by atoms with Gasteiger partial charge in [-0.05, 0) is 84.7 Å². The number of amides is 4. The van der Waals surface area contributed by atoms with E-state index in [9.17, 15) is 33.9 Å². The van der Waals surface area contributed by atoms with E-state index in [0.29, 0.717) is 65.1 Å². The number of carbonyl (C=O) groups excluding carboxylic acids is 5. The van der Waals surface area contributed by atoms with Gasteiger partial charge < -0.3 is 43.4 Å². The number of carboxylic acids is 1. The molecule has 1 saturated carbocycles. The van der Waals surface area contributed by atoms with E-state index in [4.69, 9.17) is 27.7 Å². The third-order valence-electron chi connectivity index (χ3n) is 10.4. The van der Waals surface area contributed by atoms with Crippen molar-refractivity contribution >= 4 is 58.2 Å². The summed E-state index contributed by atoms with van der Waals surface area (Å²) in [5.41, 5.74) is 26.2. The standard InChI is InChI=1S/C26H35N3O4S.C21H27N3O4S/c1-16(2)11-22(26(32)33-19-5-3-4-6-19)29-15-18-9-7-17(8-10-18)12-20-13-21(25(28)31)23(34-20)14-24(27)30;1-12(2)7-17(21(27)28)24-11-14-5-3-13(4-6-14)8-15-9-16(20(23)26)18(29-15)10-19(22)25/h7-10,13,16,19,22,29H,3-6,11-12,14-15H2,1-2H3,(H2,27,30)(H2,28,31);3-6,9,12,17,24H,7-8,10-11H2,1-2H3,(H2,22,25)(H2,23,26)(H,27,28)/t22-;17-/m00/s1. The highest BCUT2D eigenvalue weighted by atomic mass is 32.1. The molecule has 1 fully saturated rings. The molecule has 4 aromatic rings. The molecule has 2 aromatic heterocycles. The highest BCUT2D eigenvalue weighted by molar-refractivity contribution is 7.12. The van der Waals surface area contributed by atoms with Crippen molar-refractivity contribution in [1.29, 1.82) is 0 Å². The van der Waals surface area contributed by atoms with Crippen molar-refractivity contribution in [3.63, 3.8) is 0 Å². The van der Waals surface area contributed by atoms with E-state index in [1.165, 1.54) is 22.7 Å². The Morgan fingerprint density at radius 3 is 1.38 bits per heavy atom. The maximum Gasteiger partial charge on any atom is 0.323 e. The van der Waals surface area contributed by atoms with Gasteiger partial charge in [-0.2, -0.15) is 0 Å². The van der Waals surface area contributed by atoms with Crippen LogP contribution in [0.2, 0.25) is 0 Å². The fraction of sp³-hybridized carbons (Fsp3) is 0.447. The number of hydrogen-bond acceptors (Lipinski definition) is 11. The molecule has 16 heteroatoms. The van der Waals surface area contributed by atoms with E-state index < -0.39 is 35.6 Å². The van der Waals surface area contributed by atoms with E-state index in [1.54, 1.807) is 12.1 Å². The zero-order chi connectivity index (χ0) is 46.2. The summed E-state index contributed by atoms with van der Waals surface area (Å²) < 4.78 is 5.74. The molecule has 2 atom stereocenters. The first-order valence-corrected chi connectivity index (χ1v) is 22.9. The number of ether oxygens (including phenoxy) is 1. The van der Waals surface area contributed by atoms with Crippen LogP contribution in [0.1, 0.15) is 129 Å². The Balaban J connectivity index is 0.000000280. The van der Waals surface area contributed by atoms with E-state index in [-0.39, 0.29) is 31.0 Å². The minimum atomic E-state index is -0.843. The number of nitrogens with one attached hydrogen (secondary N) is 2. The van der Waals surface area contributed by atoms with Crippen molar-refractivity contribution in [3.05, 3.63) is 114 Å². The Morgan fingerprint density at radius 1 is 0.635 bits per heavy atom. The molecule has 14 nitrogen and oxygen atoms in total. The number of thiophene rings is 2. The summed E-state index contributed by atoms with van der Waals surface area (Å²) in [6.45, 7) is 9.25. The van der Waals surface area contributed by atoms with Crippen molar-refractivity contribution < 1.29 is 38.6 Å². The van der Waals surface area contributed by atoms with E-state index >= 15 is 0 Å². The lowest BCUT2D eigenvalue weighted by Crippen LogP contribution is -2.40. The highest BCUT2D eigenvalue weighted by Gasteiger charge is 2.26. The van der Waals surface area contributed by atoms with E-state index in [0.717, 1.165) is 64.1 Å². The molecular formula is C47H62N6O8S2. The van der Waals surface area contributed by atoms with Crippen LogP contribution in [-0.2, 0) is 62.7 Å². The zero-order valence-electron chi connectivity index (χ0n) is 36.6. The summed E-state index contributed by atoms with van der Waals surface area (Å²) in [6.07, 6.45) is 6.81. The van der Waals surface area contributed by atoms with Gasteiger partial charge in [-0.15, -0.1) is 22.7 Å². The smallest absolute Gasteiger partial charge is 0.323 e. The summed E-state index contributed by atoms with van der Waals surface area (Å²) in [5.74, 6) is -2.43. The van der Waals surface area contributed by atoms with Gasteiger partial charge in [0, 0.05) is 45.4 Å². The summed E-state index contributed by atoms with van der Waals surface area (Å²) in [7, 11) is 0. The fourth-order valence-corrected chi connectivity index (χ4v) is 9.73. The van der Waals surface area contributed by atoms with Crippen LogP contribution in [0.5, 0.6) is 0 Å². The first kappa shape index (κ1) is 50.2. The van der Waals surface area contributed by atoms with Crippen LogP contribution in [0.3, 0.4) is 0 Å². The second-order valence-electron chi connectivity index (χ2n) is 16.9. The van der Waals surface area contributed by atoms with Crippen molar-refractivity contribution in [2.24, 2.45) is 34.8 Å². The summed E-state index contributed by atoms with van der Waals surface area (Å²) in [5, 5.41) is 15.8. The molecule has 1 aliphatic carbocycles. The van der Waals surface area contributed by atoms with Gasteiger partial charge in [0.1, 0.15) is 18.2 Å². The van der Waals surface area contributed by atoms with Gasteiger partial charge in [0.05, 0.1) is 24.0 Å². The molecule has 5 rings (SSSR count). The third kappa shape index (κ3) is 17.0. The number of esters is 1. The van der Waals surface area contributed by atoms with Crippen molar-refractivity contribution in [2.45, 2.75) is 123 Å². The summed E-state index contributed by atoms with van der Waals surface area (Å²) >= 11 is 2.74. The SMILES string of the molecule is CC(C)C[C@H](NCc1ccc(Cc2cc(C(N)=O)c(CC(N)=O)s2)cc1)C(=O)O.CC(C)C[C@H](NCc1ccc(Cc2cc(C(N)=O)c(CC(N)=O)s2)cc1)C(=O)OC1CCCC1. The van der Waals surface area contributed by atoms with Crippen LogP contribution >= 0.6 is 22.7 Å². The lowest BCUT2D eigenvalue weighted by Gasteiger charge is -2.22. The van der Waals surface area contributed by atoms with E-state index in [2.05, 4.69) is 24.5 Å². The third-order valence-corrected chi connectivity index (χ3v) is 12.7. The van der Waals surface area contributed by atoms with Crippen LogP contribution < -0.4 is 33.6 Å². The predicted molar refractivity (Wildman–Crippen MR) is 246 cm³/mol. The van der Waals surface area contributed by atoms with Crippen LogP contribution in [0, 0.1) is 11.8 Å². The van der Waals surface area contributed by atoms with Crippen LogP contribution in [0.4, 0.5) is 0 Å². The number of aliphatic carboxylic acids is 1. The second kappa shape index (κ2) is 24.4. The Bertz CT molecular complexity index is 2180. The maximum absolute atomic E-state index is 12.7. The van der Waals surface area contributed by atoms with Gasteiger partial charge in [-0.25, -0.2) is 0 Å². The lowest BCUT2D eigenvalue weighted by molar-refractivity contribution is -0.152. The molecule has 0 radical (unpaired) electrons. The molecule has 0 bridgehead atoms. The highest BCUT2D eigenvalue weighted by Crippen LogP contribution is 2.27. The van der Waals surface area contributed by atoms with Crippen molar-refractivity contribution in [2.75, 3.05) is 0 Å². The molecule has 1 aliphatic rings. The molecule has 2 aromatic carbocycles. The fourth-order valence-electron chi connectivity index (χ4n) is 7.30. The van der Waals surface area contributed by atoms with Gasteiger partial charge in [0.2, 0.25) is 23.6 Å². The first-order valence-electron chi connectivity index (χ1n) is 21.3. The van der Waals surface area contributed by atoms with Crippen LogP contribution in [0.15, 0.2) is 60.7 Å². The average molecular weight is 903 g/mol. The summed E-state index contributed by atoms with van der Waals surface area (Å²) in [6, 6.07) is 18.5. The summed E-state index contributed by atoms with van der Waals surface area (Å²) in [4.78, 5) is 72.9. The minimum absolute atomic E-state index is 0.00529. The van der Waals surface area contributed by atoms with Crippen molar-refractivity contribution in [3.8, 4) is 0 Å². The molecule has 4 amide bonds. The average Bonchev–Trinajstić information content (AvgIpc) is 3.96. The number of nitrogens with two attached hydrogens (primary N) is 4. The number of benzene rings is 2. The van der Waals surface area contributed by atoms with Gasteiger partial charge in [-0.3, -0.25) is 28.8 Å². The second-order valence-corrected chi connectivity index (χ2v) is 19.4. The molecule has 0 unspecified atom stereocenters. The van der Waals surface area contributed by atoms with Gasteiger partial charge in [0.15, 0.2) is 0 Å². The van der Waals surface area contributed by atoms with Crippen molar-refractivity contribution in [1.82, 2.24) is 10.6 Å². The normalized spacial score (nSPS) is 13.6. The zero-order valence-corrected chi connectivity index (χ0v) is 38.2. The van der Waals surface area contributed by atoms with Crippen LogP contribution in [-0.4, -0.2) is 58.9 Å². The number of carbonyl (C=O) groups is 6. The Labute approximate surface area is 377 Å². The van der Waals surface area contributed by atoms with E-state index in [1.807, 2.05) is 62.4 Å². The minimum Gasteiger partial charge on any atom is -0.480 e. The topological polar surface area (TPSA) is 260 Å². The molecule has 11 N–H and O–H groups in total. The number of rotatable bonds is 23. The number of hydrogen-bond donors (Lipinski definition) is 7. The van der Waals surface area contributed by atoms with Gasteiger partial charge in [-0.1, -0.05) is 76.2 Å². The largest absolute Gasteiger partial charge is 0.480 e. The Hall–Kier alpha value is -5.42. The quantitative estimate of drug-likeness (QED) is 0.0459. The first-order chi connectivity index (χ1) is 29.9. The molecule has 2 heterocycles. The van der Waals surface area contributed by atoms with Gasteiger partial charge >= 0.3 is 11.9 Å². The number of carboxylic acid groups (broad SMARTS) is 1. The maximum atomic E-state index is 12.7. The van der Waals surface area contributed by atoms with Crippen LogP contribution in [0.25, 0.3) is 0 Å².